The second-order valence-electron chi connectivity index (χ2n) is 2.94. The third-order valence-electron chi connectivity index (χ3n) is 2.01. The number of hydrogen-bond acceptors (Lipinski definition) is 3. The van der Waals surface area contributed by atoms with Crippen LogP contribution in [0.4, 0.5) is 0 Å². The number of hydrogen-bond donors (Lipinski definition) is 1. The highest BCUT2D eigenvalue weighted by atomic mass is 32.1. The second kappa shape index (κ2) is 2.92. The lowest BCUT2D eigenvalue weighted by atomic mass is 10.2. The molecule has 14 heavy (non-hydrogen) atoms. The smallest absolute Gasteiger partial charge is 0.169 e. The fraction of sp³-hybridized carbons (Fsp3) is 0. The molecule has 0 aliphatic carbocycles. The van der Waals surface area contributed by atoms with Crippen LogP contribution in [-0.4, -0.2) is 15.0 Å². The van der Waals surface area contributed by atoms with Crippen LogP contribution in [0.15, 0.2) is 36.7 Å². The molecule has 0 saturated heterocycles. The minimum absolute atomic E-state index is 0.869. The van der Waals surface area contributed by atoms with Crippen LogP contribution in [0.1, 0.15) is 0 Å². The van der Waals surface area contributed by atoms with E-state index in [9.17, 15) is 0 Å². The summed E-state index contributed by atoms with van der Waals surface area (Å²) in [5, 5.41) is 1.01. The number of rotatable bonds is 1. The van der Waals surface area contributed by atoms with Crippen LogP contribution in [0, 0.1) is 0 Å². The van der Waals surface area contributed by atoms with Crippen LogP contribution in [0.2, 0.25) is 0 Å². The first-order valence-electron chi connectivity index (χ1n) is 4.29. The molecule has 1 aromatic carbocycles. The number of H-pyrrole nitrogens is 1. The van der Waals surface area contributed by atoms with Gasteiger partial charge in [-0.15, -0.1) is 0 Å². The van der Waals surface area contributed by atoms with Gasteiger partial charge < -0.3 is 4.98 Å². The molecule has 0 spiro atoms. The molecular weight excluding hydrogens is 194 g/mol. The van der Waals surface area contributed by atoms with Crippen molar-refractivity contribution in [2.75, 3.05) is 0 Å². The summed E-state index contributed by atoms with van der Waals surface area (Å²) < 4.78 is 0. The minimum Gasteiger partial charge on any atom is -0.328 e. The Morgan fingerprint density at radius 2 is 2.00 bits per heavy atom. The van der Waals surface area contributed by atoms with Gasteiger partial charge in [0.15, 0.2) is 10.5 Å². The van der Waals surface area contributed by atoms with Crippen LogP contribution < -0.4 is 0 Å². The van der Waals surface area contributed by atoms with Gasteiger partial charge in [-0.25, -0.2) is 9.97 Å². The van der Waals surface area contributed by atoms with Gasteiger partial charge in [0.05, 0.1) is 6.33 Å². The molecule has 3 nitrogen and oxygen atoms in total. The third-order valence-corrected chi connectivity index (χ3v) is 3.03. The maximum atomic E-state index is 4.44. The number of aromatic nitrogens is 3. The average Bonchev–Trinajstić information content (AvgIpc) is 2.78. The molecule has 0 radical (unpaired) electrons. The zero-order valence-electron chi connectivity index (χ0n) is 7.27. The maximum Gasteiger partial charge on any atom is 0.169 e. The molecule has 0 saturated carbocycles. The molecule has 1 N–H and O–H groups in total. The molecule has 0 unspecified atom stereocenters. The third kappa shape index (κ3) is 1.12. The summed E-state index contributed by atoms with van der Waals surface area (Å²) in [6.45, 7) is 0. The average molecular weight is 201 g/mol. The van der Waals surface area contributed by atoms with Crippen molar-refractivity contribution in [1.29, 1.82) is 0 Å². The maximum absolute atomic E-state index is 4.44. The van der Waals surface area contributed by atoms with Crippen molar-refractivity contribution in [1.82, 2.24) is 15.0 Å². The van der Waals surface area contributed by atoms with Crippen molar-refractivity contribution in [3.05, 3.63) is 36.7 Å². The van der Waals surface area contributed by atoms with E-state index < -0.39 is 0 Å². The quantitative estimate of drug-likeness (QED) is 0.657. The number of aromatic amines is 1. The lowest BCUT2D eigenvalue weighted by molar-refractivity contribution is 1.31. The van der Waals surface area contributed by atoms with Crippen molar-refractivity contribution in [3.8, 4) is 10.6 Å². The first-order valence-corrected chi connectivity index (χ1v) is 5.10. The Bertz CT molecular complexity index is 524. The number of thiazole rings is 1. The summed E-state index contributed by atoms with van der Waals surface area (Å²) >= 11 is 1.60. The van der Waals surface area contributed by atoms with Gasteiger partial charge in [-0.1, -0.05) is 41.7 Å². The van der Waals surface area contributed by atoms with Crippen molar-refractivity contribution in [2.45, 2.75) is 0 Å². The number of nitrogens with one attached hydrogen (secondary N) is 1. The van der Waals surface area contributed by atoms with E-state index in [4.69, 9.17) is 0 Å². The highest BCUT2D eigenvalue weighted by Gasteiger charge is 2.06. The molecule has 68 valence electrons. The molecule has 0 fully saturated rings. The van der Waals surface area contributed by atoms with Crippen LogP contribution >= 0.6 is 11.3 Å². The summed E-state index contributed by atoms with van der Waals surface area (Å²) in [6, 6.07) is 10.1. The van der Waals surface area contributed by atoms with E-state index in [1.807, 2.05) is 18.2 Å². The van der Waals surface area contributed by atoms with Gasteiger partial charge in [0, 0.05) is 5.56 Å². The predicted octanol–water partition coefficient (Wildman–Crippen LogP) is 2.69. The Labute approximate surface area is 84.5 Å². The Hall–Kier alpha value is -1.68. The SMILES string of the molecule is c1ccc(-c2nc3[nH]cnc3s2)cc1. The van der Waals surface area contributed by atoms with E-state index in [-0.39, 0.29) is 0 Å². The van der Waals surface area contributed by atoms with Crippen LogP contribution in [0.5, 0.6) is 0 Å². The van der Waals surface area contributed by atoms with Gasteiger partial charge in [0.25, 0.3) is 0 Å². The van der Waals surface area contributed by atoms with Crippen LogP contribution in [0.25, 0.3) is 21.0 Å². The van der Waals surface area contributed by atoms with Gasteiger partial charge in [-0.3, -0.25) is 0 Å². The molecule has 3 aromatic rings. The number of benzene rings is 1. The molecular formula is C10H7N3S. The first kappa shape index (κ1) is 7.70. The molecule has 0 bridgehead atoms. The number of imidazole rings is 1. The number of nitrogens with zero attached hydrogens (tertiary/aromatic N) is 2. The highest BCUT2D eigenvalue weighted by Crippen LogP contribution is 2.27. The Kier molecular flexibility index (Phi) is 1.61. The summed E-state index contributed by atoms with van der Waals surface area (Å²) in [6.07, 6.45) is 1.67. The van der Waals surface area contributed by atoms with E-state index in [2.05, 4.69) is 27.1 Å². The summed E-state index contributed by atoms with van der Waals surface area (Å²) in [7, 11) is 0. The second-order valence-corrected chi connectivity index (χ2v) is 3.92. The lowest BCUT2D eigenvalue weighted by Crippen LogP contribution is -1.74. The Morgan fingerprint density at radius 1 is 1.14 bits per heavy atom. The van der Waals surface area contributed by atoms with E-state index in [1.165, 1.54) is 0 Å². The van der Waals surface area contributed by atoms with Crippen LogP contribution in [0.3, 0.4) is 0 Å². The van der Waals surface area contributed by atoms with Gasteiger partial charge in [-0.05, 0) is 0 Å². The van der Waals surface area contributed by atoms with Crippen molar-refractivity contribution < 1.29 is 0 Å². The number of fused-ring (bicyclic) bond motifs is 1. The molecule has 0 atom stereocenters. The zero-order valence-corrected chi connectivity index (χ0v) is 8.08. The van der Waals surface area contributed by atoms with Crippen molar-refractivity contribution in [2.24, 2.45) is 0 Å². The summed E-state index contributed by atoms with van der Waals surface area (Å²) in [5.41, 5.74) is 2.01. The summed E-state index contributed by atoms with van der Waals surface area (Å²) in [4.78, 5) is 12.6. The topological polar surface area (TPSA) is 41.6 Å². The largest absolute Gasteiger partial charge is 0.328 e. The summed E-state index contributed by atoms with van der Waals surface area (Å²) in [5.74, 6) is 0. The van der Waals surface area contributed by atoms with E-state index in [0.717, 1.165) is 21.0 Å². The van der Waals surface area contributed by atoms with E-state index >= 15 is 0 Å². The Morgan fingerprint density at radius 3 is 2.79 bits per heavy atom. The van der Waals surface area contributed by atoms with E-state index in [1.54, 1.807) is 17.7 Å². The lowest BCUT2D eigenvalue weighted by Gasteiger charge is -1.92. The fourth-order valence-corrected chi connectivity index (χ4v) is 2.23. The molecule has 2 heterocycles. The molecule has 3 rings (SSSR count). The van der Waals surface area contributed by atoms with Gasteiger partial charge in [-0.2, -0.15) is 0 Å². The standard InChI is InChI=1S/C10H7N3S/c1-2-4-7(5-3-1)9-13-8-10(14-9)12-6-11-8/h1-6H,(H,11,12). The highest BCUT2D eigenvalue weighted by molar-refractivity contribution is 7.21. The van der Waals surface area contributed by atoms with Crippen molar-refractivity contribution >= 4 is 21.8 Å². The molecule has 0 aliphatic heterocycles. The first-order chi connectivity index (χ1) is 6.93. The monoisotopic (exact) mass is 201 g/mol. The van der Waals surface area contributed by atoms with Crippen LogP contribution in [-0.2, 0) is 0 Å². The normalized spacial score (nSPS) is 10.9. The fourth-order valence-electron chi connectivity index (χ4n) is 1.35. The molecule has 0 aliphatic rings. The Balaban J connectivity index is 2.19. The predicted molar refractivity (Wildman–Crippen MR) is 57.2 cm³/mol. The minimum atomic E-state index is 0.869. The molecule has 2 aromatic heterocycles. The van der Waals surface area contributed by atoms with Gasteiger partial charge in [0.1, 0.15) is 5.01 Å². The van der Waals surface area contributed by atoms with Gasteiger partial charge >= 0.3 is 0 Å². The van der Waals surface area contributed by atoms with Gasteiger partial charge in [0.2, 0.25) is 0 Å². The molecule has 4 heteroatoms. The van der Waals surface area contributed by atoms with E-state index in [0.29, 0.717) is 0 Å². The van der Waals surface area contributed by atoms with Crippen molar-refractivity contribution in [3.63, 3.8) is 0 Å². The molecule has 0 amide bonds. The zero-order chi connectivity index (χ0) is 9.38.